The number of primary amides is 1. The summed E-state index contributed by atoms with van der Waals surface area (Å²) in [7, 11) is -4.01. The minimum Gasteiger partial charge on any atom is -0.378 e. The number of nitrogens with two attached hydrogens (primary N) is 1. The number of hydrogen-bond donors (Lipinski definition) is 1. The van der Waals surface area contributed by atoms with Crippen molar-refractivity contribution in [2.45, 2.75) is 4.90 Å². The molecule has 0 radical (unpaired) electrons. The molecule has 0 fully saturated rings. The fourth-order valence-corrected chi connectivity index (χ4v) is 2.72. The highest BCUT2D eigenvalue weighted by Crippen LogP contribution is 2.23. The minimum atomic E-state index is -4.01. The molecule has 0 spiro atoms. The second-order valence-electron chi connectivity index (χ2n) is 3.85. The molecule has 0 atom stereocenters. The Bertz CT molecular complexity index is 741. The molecule has 2 aromatic carbocycles. The third-order valence-corrected chi connectivity index (χ3v) is 4.23. The van der Waals surface area contributed by atoms with Gasteiger partial charge in [0.1, 0.15) is 4.90 Å². The topological polar surface area (TPSA) is 86.5 Å². The Labute approximate surface area is 124 Å². The lowest BCUT2D eigenvalue weighted by Gasteiger charge is -2.09. The average molecular weight is 356 g/mol. The van der Waals surface area contributed by atoms with E-state index in [1.54, 1.807) is 24.3 Å². The van der Waals surface area contributed by atoms with E-state index in [4.69, 9.17) is 9.92 Å². The molecule has 0 bridgehead atoms. The number of para-hydroxylation sites is 1. The zero-order chi connectivity index (χ0) is 14.8. The van der Waals surface area contributed by atoms with Crippen LogP contribution in [-0.4, -0.2) is 14.3 Å². The van der Waals surface area contributed by atoms with Gasteiger partial charge in [0.05, 0.1) is 5.56 Å². The van der Waals surface area contributed by atoms with Crippen LogP contribution in [0.3, 0.4) is 0 Å². The van der Waals surface area contributed by atoms with Gasteiger partial charge >= 0.3 is 10.1 Å². The SMILES string of the molecule is NC(=O)c1ccccc1OS(=O)(=O)c1ccc(Br)cc1. The molecule has 7 heteroatoms. The quantitative estimate of drug-likeness (QED) is 0.852. The molecule has 2 rings (SSSR count). The first kappa shape index (κ1) is 14.5. The van der Waals surface area contributed by atoms with E-state index in [0.29, 0.717) is 0 Å². The number of halogens is 1. The first-order chi connectivity index (χ1) is 9.40. The Hall–Kier alpha value is -1.86. The largest absolute Gasteiger partial charge is 0.378 e. The summed E-state index contributed by atoms with van der Waals surface area (Å²) in [6.07, 6.45) is 0. The number of rotatable bonds is 4. The predicted molar refractivity (Wildman–Crippen MR) is 76.9 cm³/mol. The van der Waals surface area contributed by atoms with Crippen LogP contribution in [0.1, 0.15) is 10.4 Å². The molecule has 1 amide bonds. The Morgan fingerprint density at radius 3 is 2.25 bits per heavy atom. The summed E-state index contributed by atoms with van der Waals surface area (Å²) < 4.78 is 29.9. The summed E-state index contributed by atoms with van der Waals surface area (Å²) in [6.45, 7) is 0. The van der Waals surface area contributed by atoms with Crippen LogP contribution in [0.15, 0.2) is 57.9 Å². The maximum atomic E-state index is 12.1. The van der Waals surface area contributed by atoms with Crippen LogP contribution < -0.4 is 9.92 Å². The van der Waals surface area contributed by atoms with E-state index in [1.807, 2.05) is 0 Å². The molecular formula is C13H10BrNO4S. The van der Waals surface area contributed by atoms with Crippen LogP contribution in [0, 0.1) is 0 Å². The molecule has 0 aliphatic rings. The Balaban J connectivity index is 2.38. The van der Waals surface area contributed by atoms with E-state index in [2.05, 4.69) is 15.9 Å². The monoisotopic (exact) mass is 355 g/mol. The predicted octanol–water partition coefficient (Wildman–Crippen LogP) is 2.32. The van der Waals surface area contributed by atoms with Gasteiger partial charge < -0.3 is 9.92 Å². The highest BCUT2D eigenvalue weighted by atomic mass is 79.9. The van der Waals surface area contributed by atoms with E-state index in [9.17, 15) is 13.2 Å². The van der Waals surface area contributed by atoms with Gasteiger partial charge in [-0.25, -0.2) is 0 Å². The molecule has 20 heavy (non-hydrogen) atoms. The van der Waals surface area contributed by atoms with Crippen molar-refractivity contribution in [3.05, 3.63) is 58.6 Å². The number of carbonyl (C=O) groups is 1. The molecule has 0 aliphatic carbocycles. The molecule has 0 aliphatic heterocycles. The molecule has 0 unspecified atom stereocenters. The van der Waals surface area contributed by atoms with Crippen molar-refractivity contribution in [2.24, 2.45) is 5.73 Å². The van der Waals surface area contributed by atoms with Gasteiger partial charge in [0.25, 0.3) is 5.91 Å². The number of hydrogen-bond acceptors (Lipinski definition) is 4. The summed E-state index contributed by atoms with van der Waals surface area (Å²) in [6, 6.07) is 11.8. The third-order valence-electron chi connectivity index (χ3n) is 2.45. The van der Waals surface area contributed by atoms with Crippen molar-refractivity contribution in [1.82, 2.24) is 0 Å². The van der Waals surface area contributed by atoms with Gasteiger partial charge in [0.15, 0.2) is 5.75 Å². The molecule has 0 saturated heterocycles. The van der Waals surface area contributed by atoms with Gasteiger partial charge in [0.2, 0.25) is 0 Å². The molecule has 0 saturated carbocycles. The normalized spacial score (nSPS) is 11.1. The van der Waals surface area contributed by atoms with Crippen molar-refractivity contribution >= 4 is 32.0 Å². The molecule has 104 valence electrons. The second-order valence-corrected chi connectivity index (χ2v) is 6.31. The van der Waals surface area contributed by atoms with Crippen molar-refractivity contribution in [3.63, 3.8) is 0 Å². The Morgan fingerprint density at radius 1 is 1.05 bits per heavy atom. The molecule has 2 N–H and O–H groups in total. The summed E-state index contributed by atoms with van der Waals surface area (Å²) in [5.41, 5.74) is 5.18. The van der Waals surface area contributed by atoms with Gasteiger partial charge in [-0.1, -0.05) is 28.1 Å². The smallest absolute Gasteiger partial charge is 0.339 e. The highest BCUT2D eigenvalue weighted by molar-refractivity contribution is 9.10. The van der Waals surface area contributed by atoms with Gasteiger partial charge in [-0.15, -0.1) is 0 Å². The highest BCUT2D eigenvalue weighted by Gasteiger charge is 2.19. The first-order valence-electron chi connectivity index (χ1n) is 5.49. The van der Waals surface area contributed by atoms with E-state index < -0.39 is 16.0 Å². The number of benzene rings is 2. The van der Waals surface area contributed by atoms with Crippen molar-refractivity contribution in [1.29, 1.82) is 0 Å². The van der Waals surface area contributed by atoms with Crippen LogP contribution in [0.5, 0.6) is 5.75 Å². The van der Waals surface area contributed by atoms with Gasteiger partial charge in [0, 0.05) is 4.47 Å². The van der Waals surface area contributed by atoms with Gasteiger partial charge in [-0.3, -0.25) is 4.79 Å². The van der Waals surface area contributed by atoms with Gasteiger partial charge in [-0.05, 0) is 36.4 Å². The fraction of sp³-hybridized carbons (Fsp3) is 0. The van der Waals surface area contributed by atoms with E-state index in [1.165, 1.54) is 24.3 Å². The standard InChI is InChI=1S/C13H10BrNO4S/c14-9-5-7-10(8-6-9)20(17,18)19-12-4-2-1-3-11(12)13(15)16/h1-8H,(H2,15,16). The number of amides is 1. The van der Waals surface area contributed by atoms with E-state index >= 15 is 0 Å². The minimum absolute atomic E-state index is 0.00758. The van der Waals surface area contributed by atoms with Gasteiger partial charge in [-0.2, -0.15) is 8.42 Å². The van der Waals surface area contributed by atoms with Crippen molar-refractivity contribution < 1.29 is 17.4 Å². The molecule has 0 aromatic heterocycles. The Morgan fingerprint density at radius 2 is 1.65 bits per heavy atom. The van der Waals surface area contributed by atoms with Crippen LogP contribution >= 0.6 is 15.9 Å². The lowest BCUT2D eigenvalue weighted by Crippen LogP contribution is -2.16. The first-order valence-corrected chi connectivity index (χ1v) is 7.69. The summed E-state index contributed by atoms with van der Waals surface area (Å²) in [4.78, 5) is 11.2. The fourth-order valence-electron chi connectivity index (χ4n) is 1.51. The molecule has 2 aromatic rings. The third kappa shape index (κ3) is 3.17. The maximum absolute atomic E-state index is 12.1. The van der Waals surface area contributed by atoms with E-state index in [-0.39, 0.29) is 16.2 Å². The van der Waals surface area contributed by atoms with Crippen molar-refractivity contribution in [2.75, 3.05) is 0 Å². The lowest BCUT2D eigenvalue weighted by molar-refractivity contribution is 0.0999. The zero-order valence-electron chi connectivity index (χ0n) is 10.1. The van der Waals surface area contributed by atoms with Crippen LogP contribution in [0.4, 0.5) is 0 Å². The molecule has 0 heterocycles. The van der Waals surface area contributed by atoms with Crippen LogP contribution in [0.2, 0.25) is 0 Å². The maximum Gasteiger partial charge on any atom is 0.339 e. The summed E-state index contributed by atoms with van der Waals surface area (Å²) in [5, 5.41) is 0. The Kier molecular flexibility index (Phi) is 4.10. The van der Waals surface area contributed by atoms with Crippen molar-refractivity contribution in [3.8, 4) is 5.75 Å². The second kappa shape index (κ2) is 5.64. The lowest BCUT2D eigenvalue weighted by atomic mass is 10.2. The average Bonchev–Trinajstić information content (AvgIpc) is 2.39. The van der Waals surface area contributed by atoms with E-state index in [0.717, 1.165) is 4.47 Å². The number of carbonyl (C=O) groups excluding carboxylic acids is 1. The summed E-state index contributed by atoms with van der Waals surface area (Å²) in [5.74, 6) is -0.852. The zero-order valence-corrected chi connectivity index (χ0v) is 12.5. The molecular weight excluding hydrogens is 346 g/mol. The van der Waals surface area contributed by atoms with Crippen LogP contribution in [-0.2, 0) is 10.1 Å². The molecule has 5 nitrogen and oxygen atoms in total. The summed E-state index contributed by atoms with van der Waals surface area (Å²) >= 11 is 3.21. The van der Waals surface area contributed by atoms with Crippen LogP contribution in [0.25, 0.3) is 0 Å².